The lowest BCUT2D eigenvalue weighted by atomic mass is 10.1. The molecule has 1 aliphatic rings. The molecule has 3 aromatic carbocycles. The molecule has 0 atom stereocenters. The van der Waals surface area contributed by atoms with Crippen molar-refractivity contribution in [3.63, 3.8) is 0 Å². The van der Waals surface area contributed by atoms with E-state index in [-0.39, 0.29) is 33.4 Å². The second-order valence-corrected chi connectivity index (χ2v) is 9.63. The number of ether oxygens (including phenoxy) is 1. The fourth-order valence-electron chi connectivity index (χ4n) is 4.25. The number of carbonyl (C=O) groups is 2. The van der Waals surface area contributed by atoms with E-state index in [1.165, 1.54) is 30.3 Å². The summed E-state index contributed by atoms with van der Waals surface area (Å²) in [5.74, 6) is -1.66. The van der Waals surface area contributed by atoms with Gasteiger partial charge in [-0.25, -0.2) is 13.8 Å². The van der Waals surface area contributed by atoms with Crippen LogP contribution in [0.2, 0.25) is 0 Å². The molecule has 0 saturated carbocycles. The zero-order valence-corrected chi connectivity index (χ0v) is 20.9. The summed E-state index contributed by atoms with van der Waals surface area (Å²) in [7, 11) is 0. The van der Waals surface area contributed by atoms with Gasteiger partial charge in [-0.2, -0.15) is 0 Å². The van der Waals surface area contributed by atoms with E-state index >= 15 is 4.39 Å². The monoisotopic (exact) mass is 540 g/mol. The average molecular weight is 541 g/mol. The molecule has 6 rings (SSSR count). The average Bonchev–Trinajstić information content (AvgIpc) is 3.67. The van der Waals surface area contributed by atoms with Crippen LogP contribution < -0.4 is 10.1 Å². The number of nitrogens with zero attached hydrogens (tertiary/aromatic N) is 1. The van der Waals surface area contributed by atoms with Crippen molar-refractivity contribution in [1.82, 2.24) is 20.3 Å². The van der Waals surface area contributed by atoms with Crippen LogP contribution in [0, 0.1) is 11.6 Å². The SMILES string of the molecule is C=C(c1ccccc1)c1c[nH]c(-c2cc(Oc3c(F)cc4[nH]ccc4c3C=C3SC(=O)NC3=O)ccc2F)n1. The molecule has 1 aliphatic heterocycles. The van der Waals surface area contributed by atoms with Gasteiger partial charge in [0.1, 0.15) is 17.4 Å². The number of hydrogen-bond donors (Lipinski definition) is 3. The highest BCUT2D eigenvalue weighted by atomic mass is 32.2. The van der Waals surface area contributed by atoms with Crippen LogP contribution in [-0.4, -0.2) is 26.1 Å². The van der Waals surface area contributed by atoms with Gasteiger partial charge in [0.2, 0.25) is 0 Å². The zero-order chi connectivity index (χ0) is 27.1. The van der Waals surface area contributed by atoms with Gasteiger partial charge in [0.25, 0.3) is 11.1 Å². The van der Waals surface area contributed by atoms with Gasteiger partial charge in [0.15, 0.2) is 11.6 Å². The van der Waals surface area contributed by atoms with Gasteiger partial charge >= 0.3 is 0 Å². The number of halogens is 2. The molecule has 0 aliphatic carbocycles. The van der Waals surface area contributed by atoms with Crippen molar-refractivity contribution >= 4 is 45.5 Å². The second kappa shape index (κ2) is 9.73. The summed E-state index contributed by atoms with van der Waals surface area (Å²) < 4.78 is 36.1. The van der Waals surface area contributed by atoms with E-state index in [4.69, 9.17) is 4.74 Å². The lowest BCUT2D eigenvalue weighted by Gasteiger charge is -2.13. The first-order chi connectivity index (χ1) is 18.9. The molecule has 0 radical (unpaired) electrons. The van der Waals surface area contributed by atoms with Crippen LogP contribution in [0.5, 0.6) is 11.5 Å². The number of benzene rings is 3. The number of aromatic nitrogens is 3. The number of fused-ring (bicyclic) bond motifs is 1. The van der Waals surface area contributed by atoms with E-state index in [9.17, 15) is 14.0 Å². The second-order valence-electron chi connectivity index (χ2n) is 8.61. The predicted molar refractivity (Wildman–Crippen MR) is 146 cm³/mol. The lowest BCUT2D eigenvalue weighted by Crippen LogP contribution is -2.17. The number of amides is 2. The van der Waals surface area contributed by atoms with Gasteiger partial charge in [-0.1, -0.05) is 36.9 Å². The molecule has 0 unspecified atom stereocenters. The first kappa shape index (κ1) is 24.4. The molecular formula is C29H18F2N4O3S. The Morgan fingerprint density at radius 1 is 1.00 bits per heavy atom. The van der Waals surface area contributed by atoms with Gasteiger partial charge in [-0.05, 0) is 47.7 Å². The summed E-state index contributed by atoms with van der Waals surface area (Å²) >= 11 is 0.709. The molecule has 192 valence electrons. The summed E-state index contributed by atoms with van der Waals surface area (Å²) in [6.07, 6.45) is 4.65. The molecule has 1 fully saturated rings. The summed E-state index contributed by atoms with van der Waals surface area (Å²) in [6, 6.07) is 16.4. The molecular weight excluding hydrogens is 522 g/mol. The smallest absolute Gasteiger partial charge is 0.290 e. The van der Waals surface area contributed by atoms with E-state index < -0.39 is 22.8 Å². The third kappa shape index (κ3) is 4.62. The lowest BCUT2D eigenvalue weighted by molar-refractivity contribution is -0.115. The van der Waals surface area contributed by atoms with Crippen LogP contribution in [0.1, 0.15) is 16.8 Å². The minimum absolute atomic E-state index is 0.0968. The van der Waals surface area contributed by atoms with Crippen LogP contribution in [-0.2, 0) is 4.79 Å². The molecule has 0 spiro atoms. The van der Waals surface area contributed by atoms with Crippen LogP contribution in [0.15, 0.2) is 84.5 Å². The minimum atomic E-state index is -0.711. The van der Waals surface area contributed by atoms with Gasteiger partial charge in [0.05, 0.1) is 16.2 Å². The van der Waals surface area contributed by atoms with Crippen LogP contribution in [0.3, 0.4) is 0 Å². The number of imide groups is 1. The third-order valence-corrected chi connectivity index (χ3v) is 6.95. The Kier molecular flexibility index (Phi) is 6.08. The fraction of sp³-hybridized carbons (Fsp3) is 0. The number of imidazole rings is 1. The maximum atomic E-state index is 15.3. The van der Waals surface area contributed by atoms with E-state index in [0.29, 0.717) is 33.9 Å². The minimum Gasteiger partial charge on any atom is -0.454 e. The van der Waals surface area contributed by atoms with Crippen LogP contribution in [0.25, 0.3) is 33.9 Å². The molecule has 2 aromatic heterocycles. The Hall–Kier alpha value is -4.96. The van der Waals surface area contributed by atoms with E-state index in [2.05, 4.69) is 26.8 Å². The number of carbonyl (C=O) groups excluding carboxylic acids is 2. The summed E-state index contributed by atoms with van der Waals surface area (Å²) in [4.78, 5) is 34.3. The number of aromatic amines is 2. The molecule has 1 saturated heterocycles. The highest BCUT2D eigenvalue weighted by molar-refractivity contribution is 8.18. The number of rotatable bonds is 6. The van der Waals surface area contributed by atoms with Gasteiger partial charge in [-0.3, -0.25) is 14.9 Å². The highest BCUT2D eigenvalue weighted by Crippen LogP contribution is 2.39. The third-order valence-electron chi connectivity index (χ3n) is 6.14. The molecule has 10 heteroatoms. The first-order valence-electron chi connectivity index (χ1n) is 11.7. The quantitative estimate of drug-likeness (QED) is 0.201. The molecule has 2 amide bonds. The molecule has 7 nitrogen and oxygen atoms in total. The van der Waals surface area contributed by atoms with Gasteiger partial charge in [-0.15, -0.1) is 0 Å². The molecule has 3 heterocycles. The number of thioether (sulfide) groups is 1. The zero-order valence-electron chi connectivity index (χ0n) is 20.0. The summed E-state index contributed by atoms with van der Waals surface area (Å²) in [5.41, 5.74) is 2.92. The van der Waals surface area contributed by atoms with E-state index in [1.54, 1.807) is 18.5 Å². The maximum Gasteiger partial charge on any atom is 0.290 e. The van der Waals surface area contributed by atoms with E-state index in [1.807, 2.05) is 30.3 Å². The van der Waals surface area contributed by atoms with Crippen LogP contribution in [0.4, 0.5) is 13.6 Å². The summed E-state index contributed by atoms with van der Waals surface area (Å²) in [6.45, 7) is 4.09. The van der Waals surface area contributed by atoms with Crippen molar-refractivity contribution in [3.8, 4) is 22.9 Å². The van der Waals surface area contributed by atoms with Crippen molar-refractivity contribution in [3.05, 3.63) is 113 Å². The Bertz CT molecular complexity index is 1830. The highest BCUT2D eigenvalue weighted by Gasteiger charge is 2.27. The Labute approximate surface area is 224 Å². The van der Waals surface area contributed by atoms with Crippen LogP contribution >= 0.6 is 11.8 Å². The van der Waals surface area contributed by atoms with Gasteiger partial charge < -0.3 is 14.7 Å². The first-order valence-corrected chi connectivity index (χ1v) is 12.5. The number of nitrogens with one attached hydrogen (secondary N) is 3. The normalized spacial score (nSPS) is 14.3. The fourth-order valence-corrected chi connectivity index (χ4v) is 4.91. The topological polar surface area (TPSA) is 99.9 Å². The van der Waals surface area contributed by atoms with E-state index in [0.717, 1.165) is 5.56 Å². The Morgan fingerprint density at radius 3 is 2.59 bits per heavy atom. The molecule has 39 heavy (non-hydrogen) atoms. The Balaban J connectivity index is 1.38. The van der Waals surface area contributed by atoms with Crippen molar-refractivity contribution in [2.75, 3.05) is 0 Å². The predicted octanol–water partition coefficient (Wildman–Crippen LogP) is 7.01. The Morgan fingerprint density at radius 2 is 1.82 bits per heavy atom. The molecule has 5 aromatic rings. The maximum absolute atomic E-state index is 15.3. The van der Waals surface area contributed by atoms with Crippen molar-refractivity contribution < 1.29 is 23.1 Å². The number of hydrogen-bond acceptors (Lipinski definition) is 5. The van der Waals surface area contributed by atoms with Crippen molar-refractivity contribution in [2.24, 2.45) is 0 Å². The van der Waals surface area contributed by atoms with Crippen molar-refractivity contribution in [1.29, 1.82) is 0 Å². The number of H-pyrrole nitrogens is 2. The van der Waals surface area contributed by atoms with Crippen molar-refractivity contribution in [2.45, 2.75) is 0 Å². The van der Waals surface area contributed by atoms with Gasteiger partial charge in [0, 0.05) is 40.5 Å². The molecule has 0 bridgehead atoms. The molecule has 3 N–H and O–H groups in total. The largest absolute Gasteiger partial charge is 0.454 e. The standard InChI is InChI=1S/C29H18F2N4O3S/c1-15(16-5-3-2-4-6-16)24-14-33-27(34-24)20-11-17(7-8-21(20)30)38-26-19(12-25-28(36)35-29(37)39-25)18-9-10-32-23(18)13-22(26)31/h2-14,32H,1H2,(H,33,34)(H,35,36,37). The summed E-state index contributed by atoms with van der Waals surface area (Å²) in [5, 5.41) is 2.23.